The van der Waals surface area contributed by atoms with E-state index >= 15 is 0 Å². The van der Waals surface area contributed by atoms with Crippen molar-refractivity contribution in [1.82, 2.24) is 5.32 Å². The van der Waals surface area contributed by atoms with Gasteiger partial charge in [-0.3, -0.25) is 0 Å². The van der Waals surface area contributed by atoms with Crippen LogP contribution in [0.25, 0.3) is 0 Å². The molecule has 2 aliphatic heterocycles. The van der Waals surface area contributed by atoms with Crippen molar-refractivity contribution in [2.75, 3.05) is 26.4 Å². The van der Waals surface area contributed by atoms with E-state index in [9.17, 15) is 0 Å². The molecule has 2 heterocycles. The summed E-state index contributed by atoms with van der Waals surface area (Å²) in [6.45, 7) is 5.96. The van der Waals surface area contributed by atoms with Gasteiger partial charge in [0.15, 0.2) is 0 Å². The molecule has 0 saturated carbocycles. The summed E-state index contributed by atoms with van der Waals surface area (Å²) in [5.41, 5.74) is 0. The SMILES string of the molecule is CC1COC(CC2CCOCC2)CN1. The van der Waals surface area contributed by atoms with E-state index in [1.807, 2.05) is 0 Å². The van der Waals surface area contributed by atoms with Crippen LogP contribution in [0.4, 0.5) is 0 Å². The normalized spacial score (nSPS) is 35.8. The minimum absolute atomic E-state index is 0.439. The van der Waals surface area contributed by atoms with E-state index in [0.717, 1.165) is 32.3 Å². The van der Waals surface area contributed by atoms with Gasteiger partial charge in [0.1, 0.15) is 0 Å². The zero-order valence-corrected chi connectivity index (χ0v) is 9.00. The minimum atomic E-state index is 0.439. The third-order valence-electron chi connectivity index (χ3n) is 3.21. The fraction of sp³-hybridized carbons (Fsp3) is 1.00. The Morgan fingerprint density at radius 2 is 2.07 bits per heavy atom. The molecule has 1 N–H and O–H groups in total. The van der Waals surface area contributed by atoms with Gasteiger partial charge in [-0.1, -0.05) is 0 Å². The molecular weight excluding hydrogens is 178 g/mol. The first-order valence-corrected chi connectivity index (χ1v) is 5.77. The standard InChI is InChI=1S/C11H21NO2/c1-9-8-14-11(7-12-9)6-10-2-4-13-5-3-10/h9-12H,2-8H2,1H3. The lowest BCUT2D eigenvalue weighted by Gasteiger charge is -2.32. The molecule has 0 spiro atoms. The molecule has 2 saturated heterocycles. The zero-order chi connectivity index (χ0) is 9.80. The lowest BCUT2D eigenvalue weighted by Crippen LogP contribution is -2.45. The van der Waals surface area contributed by atoms with Gasteiger partial charge in [0, 0.05) is 25.8 Å². The molecule has 2 rings (SSSR count). The molecule has 0 amide bonds. The Kier molecular flexibility index (Phi) is 3.79. The third kappa shape index (κ3) is 2.94. The smallest absolute Gasteiger partial charge is 0.0703 e. The van der Waals surface area contributed by atoms with Crippen LogP contribution in [-0.2, 0) is 9.47 Å². The van der Waals surface area contributed by atoms with Gasteiger partial charge < -0.3 is 14.8 Å². The quantitative estimate of drug-likeness (QED) is 0.724. The Balaban J connectivity index is 1.68. The van der Waals surface area contributed by atoms with Gasteiger partial charge in [-0.2, -0.15) is 0 Å². The van der Waals surface area contributed by atoms with Crippen LogP contribution in [-0.4, -0.2) is 38.5 Å². The molecule has 2 atom stereocenters. The first-order valence-electron chi connectivity index (χ1n) is 5.77. The molecule has 82 valence electrons. The molecule has 0 aliphatic carbocycles. The number of nitrogens with one attached hydrogen (secondary N) is 1. The van der Waals surface area contributed by atoms with Crippen molar-refractivity contribution in [3.05, 3.63) is 0 Å². The summed E-state index contributed by atoms with van der Waals surface area (Å²) in [5.74, 6) is 0.823. The van der Waals surface area contributed by atoms with Gasteiger partial charge in [0.2, 0.25) is 0 Å². The largest absolute Gasteiger partial charge is 0.381 e. The molecule has 0 bridgehead atoms. The maximum atomic E-state index is 5.79. The van der Waals surface area contributed by atoms with Crippen molar-refractivity contribution in [1.29, 1.82) is 0 Å². The number of hydrogen-bond acceptors (Lipinski definition) is 3. The number of ether oxygens (including phenoxy) is 2. The second kappa shape index (κ2) is 5.10. The van der Waals surface area contributed by atoms with Crippen molar-refractivity contribution >= 4 is 0 Å². The van der Waals surface area contributed by atoms with Crippen molar-refractivity contribution < 1.29 is 9.47 Å². The second-order valence-electron chi connectivity index (χ2n) is 4.56. The molecule has 0 aromatic carbocycles. The van der Waals surface area contributed by atoms with E-state index in [2.05, 4.69) is 12.2 Å². The highest BCUT2D eigenvalue weighted by atomic mass is 16.5. The Labute approximate surface area is 86.2 Å². The van der Waals surface area contributed by atoms with Crippen LogP contribution in [0.2, 0.25) is 0 Å². The van der Waals surface area contributed by atoms with Crippen molar-refractivity contribution in [3.63, 3.8) is 0 Å². The number of rotatable bonds is 2. The van der Waals surface area contributed by atoms with Crippen LogP contribution < -0.4 is 5.32 Å². The summed E-state index contributed by atoms with van der Waals surface area (Å²) in [5, 5.41) is 3.47. The third-order valence-corrected chi connectivity index (χ3v) is 3.21. The minimum Gasteiger partial charge on any atom is -0.381 e. The van der Waals surface area contributed by atoms with Crippen molar-refractivity contribution in [3.8, 4) is 0 Å². The van der Waals surface area contributed by atoms with E-state index < -0.39 is 0 Å². The number of hydrogen-bond donors (Lipinski definition) is 1. The average molecular weight is 199 g/mol. The van der Waals surface area contributed by atoms with E-state index in [-0.39, 0.29) is 0 Å². The van der Waals surface area contributed by atoms with E-state index in [1.54, 1.807) is 0 Å². The lowest BCUT2D eigenvalue weighted by atomic mass is 9.93. The summed E-state index contributed by atoms with van der Waals surface area (Å²) < 4.78 is 11.1. The van der Waals surface area contributed by atoms with Crippen LogP contribution in [0.5, 0.6) is 0 Å². The van der Waals surface area contributed by atoms with Gasteiger partial charge in [0.25, 0.3) is 0 Å². The van der Waals surface area contributed by atoms with Gasteiger partial charge >= 0.3 is 0 Å². The fourth-order valence-electron chi connectivity index (χ4n) is 2.24. The number of morpholine rings is 1. The Hall–Kier alpha value is -0.120. The molecule has 0 aromatic heterocycles. The van der Waals surface area contributed by atoms with Gasteiger partial charge in [-0.15, -0.1) is 0 Å². The molecule has 3 nitrogen and oxygen atoms in total. The van der Waals surface area contributed by atoms with Crippen molar-refractivity contribution in [2.45, 2.75) is 38.3 Å². The second-order valence-corrected chi connectivity index (χ2v) is 4.56. The van der Waals surface area contributed by atoms with Gasteiger partial charge in [-0.25, -0.2) is 0 Å². The molecule has 2 aliphatic rings. The van der Waals surface area contributed by atoms with E-state index in [4.69, 9.17) is 9.47 Å². The highest BCUT2D eigenvalue weighted by molar-refractivity contribution is 4.76. The molecule has 2 fully saturated rings. The van der Waals surface area contributed by atoms with Crippen LogP contribution in [0.15, 0.2) is 0 Å². The predicted octanol–water partition coefficient (Wildman–Crippen LogP) is 1.18. The monoisotopic (exact) mass is 199 g/mol. The van der Waals surface area contributed by atoms with Crippen LogP contribution >= 0.6 is 0 Å². The maximum Gasteiger partial charge on any atom is 0.0703 e. The summed E-state index contributed by atoms with van der Waals surface area (Å²) in [6, 6.07) is 0.529. The molecule has 0 aromatic rings. The fourth-order valence-corrected chi connectivity index (χ4v) is 2.24. The molecule has 0 radical (unpaired) electrons. The predicted molar refractivity (Wildman–Crippen MR) is 55.4 cm³/mol. The molecular formula is C11H21NO2. The molecule has 2 unspecified atom stereocenters. The lowest BCUT2D eigenvalue weighted by molar-refractivity contribution is -0.0198. The van der Waals surface area contributed by atoms with Gasteiger partial charge in [0.05, 0.1) is 12.7 Å². The van der Waals surface area contributed by atoms with Crippen LogP contribution in [0.3, 0.4) is 0 Å². The first-order chi connectivity index (χ1) is 6.84. The summed E-state index contributed by atoms with van der Waals surface area (Å²) >= 11 is 0. The van der Waals surface area contributed by atoms with Crippen LogP contribution in [0, 0.1) is 5.92 Å². The first kappa shape index (κ1) is 10.4. The van der Waals surface area contributed by atoms with Crippen molar-refractivity contribution in [2.24, 2.45) is 5.92 Å². The van der Waals surface area contributed by atoms with E-state index in [0.29, 0.717) is 12.1 Å². The summed E-state index contributed by atoms with van der Waals surface area (Å²) in [6.07, 6.45) is 4.09. The topological polar surface area (TPSA) is 30.5 Å². The highest BCUT2D eigenvalue weighted by Crippen LogP contribution is 2.22. The Bertz CT molecular complexity index is 161. The highest BCUT2D eigenvalue weighted by Gasteiger charge is 2.23. The molecule has 14 heavy (non-hydrogen) atoms. The Morgan fingerprint density at radius 3 is 2.71 bits per heavy atom. The van der Waals surface area contributed by atoms with Crippen LogP contribution in [0.1, 0.15) is 26.2 Å². The molecule has 3 heteroatoms. The summed E-state index contributed by atoms with van der Waals surface area (Å²) in [7, 11) is 0. The van der Waals surface area contributed by atoms with Gasteiger partial charge in [-0.05, 0) is 32.1 Å². The average Bonchev–Trinajstić information content (AvgIpc) is 2.23. The van der Waals surface area contributed by atoms with E-state index in [1.165, 1.54) is 19.3 Å². The zero-order valence-electron chi connectivity index (χ0n) is 9.00. The summed E-state index contributed by atoms with van der Waals surface area (Å²) in [4.78, 5) is 0. The Morgan fingerprint density at radius 1 is 1.29 bits per heavy atom. The maximum absolute atomic E-state index is 5.79.